The van der Waals surface area contributed by atoms with Gasteiger partial charge in [0.1, 0.15) is 12.3 Å². The summed E-state index contributed by atoms with van der Waals surface area (Å²) in [6, 6.07) is 5.92. The van der Waals surface area contributed by atoms with Gasteiger partial charge in [-0.2, -0.15) is 0 Å². The maximum atomic E-state index is 13.4. The van der Waals surface area contributed by atoms with Crippen molar-refractivity contribution in [2.75, 3.05) is 32.8 Å². The Bertz CT molecular complexity index is 1080. The first kappa shape index (κ1) is 29.1. The van der Waals surface area contributed by atoms with Crippen molar-refractivity contribution in [1.29, 1.82) is 0 Å². The monoisotopic (exact) mass is 533 g/mol. The number of aryl methyl sites for hydroxylation is 2. The van der Waals surface area contributed by atoms with Crippen LogP contribution in [0.4, 0.5) is 0 Å². The van der Waals surface area contributed by atoms with Crippen LogP contribution in [0.15, 0.2) is 24.4 Å². The molecule has 1 fully saturated rings. The largest absolute Gasteiger partial charge is 0.463 e. The number of carbonyl (C=O) groups excluding carboxylic acids is 2. The molecule has 9 nitrogen and oxygen atoms in total. The fraction of sp³-hybridized carbons (Fsp3) is 0.630. The molecule has 1 aromatic carbocycles. The zero-order valence-electron chi connectivity index (χ0n) is 22.8. The maximum Gasteiger partial charge on any atom is 0.314 e. The van der Waals surface area contributed by atoms with Gasteiger partial charge in [-0.1, -0.05) is 37.3 Å². The minimum absolute atomic E-state index is 0.00970. The van der Waals surface area contributed by atoms with Crippen LogP contribution < -0.4 is 5.32 Å². The minimum atomic E-state index is -1.02. The van der Waals surface area contributed by atoms with Crippen molar-refractivity contribution in [1.82, 2.24) is 25.2 Å². The van der Waals surface area contributed by atoms with Crippen LogP contribution in [0.2, 0.25) is 0 Å². The number of aromatic nitrogens is 3. The highest BCUT2D eigenvalue weighted by atomic mass is 35.5. The van der Waals surface area contributed by atoms with Gasteiger partial charge in [0.15, 0.2) is 0 Å². The van der Waals surface area contributed by atoms with Gasteiger partial charge >= 0.3 is 5.97 Å². The van der Waals surface area contributed by atoms with Gasteiger partial charge in [-0.15, -0.1) is 16.7 Å². The number of benzene rings is 1. The highest BCUT2D eigenvalue weighted by molar-refractivity contribution is 6.17. The molecule has 1 N–H and O–H groups in total. The Balaban J connectivity index is 1.74. The van der Waals surface area contributed by atoms with Crippen LogP contribution in [-0.2, 0) is 38.1 Å². The molecule has 1 amide bonds. The molecule has 1 aliphatic rings. The molecular weight excluding hydrogens is 494 g/mol. The van der Waals surface area contributed by atoms with Gasteiger partial charge in [-0.25, -0.2) is 0 Å². The zero-order valence-corrected chi connectivity index (χ0v) is 23.6. The smallest absolute Gasteiger partial charge is 0.314 e. The third-order valence-electron chi connectivity index (χ3n) is 6.76. The summed E-state index contributed by atoms with van der Waals surface area (Å²) >= 11 is 6.17. The number of hydrogen-bond donors (Lipinski definition) is 1. The molecule has 1 saturated heterocycles. The molecule has 0 spiro atoms. The van der Waals surface area contributed by atoms with E-state index in [1.165, 1.54) is 0 Å². The van der Waals surface area contributed by atoms with Crippen LogP contribution in [-0.4, -0.2) is 64.6 Å². The Morgan fingerprint density at radius 2 is 2.08 bits per heavy atom. The molecule has 3 rings (SSSR count). The van der Waals surface area contributed by atoms with Gasteiger partial charge in [0.2, 0.25) is 5.91 Å². The minimum Gasteiger partial charge on any atom is -0.463 e. The number of ether oxygens (including phenoxy) is 2. The Morgan fingerprint density at radius 3 is 2.76 bits per heavy atom. The van der Waals surface area contributed by atoms with E-state index in [9.17, 15) is 9.59 Å². The van der Waals surface area contributed by atoms with Crippen LogP contribution in [0.1, 0.15) is 63.1 Å². The number of hydrogen-bond acceptors (Lipinski definition) is 7. The number of halogens is 1. The van der Waals surface area contributed by atoms with Crippen molar-refractivity contribution in [3.63, 3.8) is 0 Å². The molecule has 0 aliphatic carbocycles. The lowest BCUT2D eigenvalue weighted by Crippen LogP contribution is -2.41. The SMILES string of the molecule is CCn1cc(COC(c2ccc(C)c(CCl)c2)C(C)(C)C(=O)OCCN2CC(C)(C)CNCC2=O)nn1. The van der Waals surface area contributed by atoms with E-state index in [1.807, 2.05) is 52.1 Å². The topological polar surface area (TPSA) is 98.6 Å². The van der Waals surface area contributed by atoms with E-state index < -0.39 is 17.5 Å². The van der Waals surface area contributed by atoms with Crippen LogP contribution in [0.3, 0.4) is 0 Å². The van der Waals surface area contributed by atoms with E-state index in [0.29, 0.717) is 31.2 Å². The fourth-order valence-electron chi connectivity index (χ4n) is 4.47. The second kappa shape index (κ2) is 12.4. The summed E-state index contributed by atoms with van der Waals surface area (Å²) in [6.45, 7) is 14.8. The molecular formula is C27H40ClN5O4. The Labute approximate surface area is 224 Å². The summed E-state index contributed by atoms with van der Waals surface area (Å²) < 4.78 is 13.8. The number of carbonyl (C=O) groups is 2. The quantitative estimate of drug-likeness (QED) is 0.348. The number of esters is 1. The van der Waals surface area contributed by atoms with E-state index in [4.69, 9.17) is 21.1 Å². The van der Waals surface area contributed by atoms with E-state index in [-0.39, 0.29) is 31.1 Å². The molecule has 1 atom stereocenters. The standard InChI is InChI=1S/C27H40ClN5O4/c1-7-33-15-22(30-31-33)16-37-24(20-9-8-19(2)21(12-20)13-28)27(5,6)25(35)36-11-10-32-18-26(3,4)17-29-14-23(32)34/h8-9,12,15,24,29H,7,10-11,13-14,16-18H2,1-6H3. The number of rotatable bonds is 11. The Morgan fingerprint density at radius 1 is 1.32 bits per heavy atom. The first-order valence-electron chi connectivity index (χ1n) is 12.8. The number of nitrogens with zero attached hydrogens (tertiary/aromatic N) is 4. The first-order valence-corrected chi connectivity index (χ1v) is 13.3. The van der Waals surface area contributed by atoms with E-state index in [1.54, 1.807) is 9.58 Å². The lowest BCUT2D eigenvalue weighted by molar-refractivity contribution is -0.166. The molecule has 37 heavy (non-hydrogen) atoms. The highest BCUT2D eigenvalue weighted by Crippen LogP contribution is 2.39. The van der Waals surface area contributed by atoms with Crippen LogP contribution in [0, 0.1) is 17.8 Å². The number of alkyl halides is 1. The molecule has 1 aromatic heterocycles. The molecule has 2 aromatic rings. The van der Waals surface area contributed by atoms with E-state index >= 15 is 0 Å². The second-order valence-corrected chi connectivity index (χ2v) is 11.3. The van der Waals surface area contributed by atoms with Crippen LogP contribution in [0.5, 0.6) is 0 Å². The van der Waals surface area contributed by atoms with Crippen molar-refractivity contribution >= 4 is 23.5 Å². The normalized spacial score (nSPS) is 16.9. The highest BCUT2D eigenvalue weighted by Gasteiger charge is 2.41. The number of nitrogens with one attached hydrogen (secondary N) is 1. The zero-order chi connectivity index (χ0) is 27.2. The van der Waals surface area contributed by atoms with Gasteiger partial charge in [0.25, 0.3) is 0 Å². The third kappa shape index (κ3) is 7.52. The Hall–Kier alpha value is -2.49. The van der Waals surface area contributed by atoms with Crippen LogP contribution >= 0.6 is 11.6 Å². The van der Waals surface area contributed by atoms with E-state index in [2.05, 4.69) is 29.5 Å². The van der Waals surface area contributed by atoms with Crippen molar-refractivity contribution in [3.8, 4) is 0 Å². The molecule has 10 heteroatoms. The van der Waals surface area contributed by atoms with Gasteiger partial charge in [0, 0.05) is 25.5 Å². The Kier molecular flexibility index (Phi) is 9.72. The molecule has 0 radical (unpaired) electrons. The predicted octanol–water partition coefficient (Wildman–Crippen LogP) is 3.63. The molecule has 0 saturated carbocycles. The fourth-order valence-corrected chi connectivity index (χ4v) is 4.76. The van der Waals surface area contributed by atoms with Crippen molar-refractivity contribution in [3.05, 3.63) is 46.8 Å². The van der Waals surface area contributed by atoms with E-state index in [0.717, 1.165) is 23.2 Å². The third-order valence-corrected chi connectivity index (χ3v) is 7.04. The average molecular weight is 534 g/mol. The lowest BCUT2D eigenvalue weighted by atomic mass is 9.81. The first-order chi connectivity index (χ1) is 17.5. The van der Waals surface area contributed by atoms with Gasteiger partial charge in [-0.05, 0) is 49.8 Å². The van der Waals surface area contributed by atoms with Gasteiger partial charge in [0.05, 0.1) is 37.4 Å². The van der Waals surface area contributed by atoms with Crippen LogP contribution in [0.25, 0.3) is 0 Å². The molecule has 1 unspecified atom stereocenters. The molecule has 2 heterocycles. The van der Waals surface area contributed by atoms with Crippen molar-refractivity contribution in [2.45, 2.75) is 66.7 Å². The van der Waals surface area contributed by atoms with Gasteiger partial charge < -0.3 is 19.7 Å². The second-order valence-electron chi connectivity index (χ2n) is 11.0. The number of amides is 1. The maximum absolute atomic E-state index is 13.4. The summed E-state index contributed by atoms with van der Waals surface area (Å²) in [5.74, 6) is -0.0326. The summed E-state index contributed by atoms with van der Waals surface area (Å²) in [4.78, 5) is 27.6. The predicted molar refractivity (Wildman–Crippen MR) is 142 cm³/mol. The summed E-state index contributed by atoms with van der Waals surface area (Å²) in [5, 5.41) is 11.4. The lowest BCUT2D eigenvalue weighted by Gasteiger charge is -2.33. The van der Waals surface area contributed by atoms with Crippen molar-refractivity contribution in [2.24, 2.45) is 10.8 Å². The molecule has 0 bridgehead atoms. The molecule has 1 aliphatic heterocycles. The summed E-state index contributed by atoms with van der Waals surface area (Å²) in [7, 11) is 0. The molecule has 204 valence electrons. The van der Waals surface area contributed by atoms with Crippen molar-refractivity contribution < 1.29 is 19.1 Å². The summed E-state index contributed by atoms with van der Waals surface area (Å²) in [5.41, 5.74) is 2.48. The summed E-state index contributed by atoms with van der Waals surface area (Å²) in [6.07, 6.45) is 1.22. The van der Waals surface area contributed by atoms with Gasteiger partial charge in [-0.3, -0.25) is 14.3 Å². The average Bonchev–Trinajstić information content (AvgIpc) is 3.26.